The molecule has 0 fully saturated rings. The number of hydrogen-bond acceptors (Lipinski definition) is 4. The van der Waals surface area contributed by atoms with Crippen molar-refractivity contribution in [2.24, 2.45) is 0 Å². The number of anilines is 1. The largest absolute Gasteiger partial charge is 0.493 e. The summed E-state index contributed by atoms with van der Waals surface area (Å²) in [5.74, 6) is 0.749. The third kappa shape index (κ3) is 5.50. The molecule has 0 bridgehead atoms. The maximum Gasteiger partial charge on any atom is 0.251 e. The Morgan fingerprint density at radius 3 is 2.64 bits per heavy atom. The number of aryl methyl sites for hydroxylation is 1. The van der Waals surface area contributed by atoms with Crippen LogP contribution in [-0.2, 0) is 0 Å². The van der Waals surface area contributed by atoms with E-state index in [0.717, 1.165) is 35.5 Å². The fourth-order valence-corrected chi connectivity index (χ4v) is 2.53. The number of hydrogen-bond donors (Lipinski definition) is 3. The summed E-state index contributed by atoms with van der Waals surface area (Å²) in [6.07, 6.45) is 0.856. The lowest BCUT2D eigenvalue weighted by atomic mass is 10.1. The Hall–Kier alpha value is -2.53. The van der Waals surface area contributed by atoms with Gasteiger partial charge in [-0.3, -0.25) is 4.79 Å². The smallest absolute Gasteiger partial charge is 0.251 e. The lowest BCUT2D eigenvalue weighted by molar-refractivity contribution is 0.0944. The summed E-state index contributed by atoms with van der Waals surface area (Å²) in [6, 6.07) is 13.6. The molecule has 0 radical (unpaired) electrons. The molecule has 0 unspecified atom stereocenters. The number of ether oxygens (including phenoxy) is 1. The molecule has 25 heavy (non-hydrogen) atoms. The summed E-state index contributed by atoms with van der Waals surface area (Å²) in [5.41, 5.74) is 3.59. The molecule has 0 aliphatic heterocycles. The second-order valence-corrected chi connectivity index (χ2v) is 5.85. The van der Waals surface area contributed by atoms with Crippen LogP contribution in [0.25, 0.3) is 0 Å². The number of benzene rings is 2. The summed E-state index contributed by atoms with van der Waals surface area (Å²) < 4.78 is 5.78. The standard InChI is InChI=1S/C20H26N2O3/c1-15-7-3-4-10-19(15)25-14-6-11-21-18-9-5-8-17(16(18)2)20(24)22-12-13-23/h3-5,7-10,21,23H,6,11-14H2,1-2H3,(H,22,24). The first-order valence-electron chi connectivity index (χ1n) is 8.54. The van der Waals surface area contributed by atoms with Crippen molar-refractivity contribution in [3.8, 4) is 5.75 Å². The number of carbonyl (C=O) groups is 1. The van der Waals surface area contributed by atoms with Gasteiger partial charge in [-0.2, -0.15) is 0 Å². The van der Waals surface area contributed by atoms with Gasteiger partial charge in [-0.05, 0) is 49.6 Å². The summed E-state index contributed by atoms with van der Waals surface area (Å²) >= 11 is 0. The van der Waals surface area contributed by atoms with E-state index in [0.29, 0.717) is 12.2 Å². The SMILES string of the molecule is Cc1ccccc1OCCCNc1cccc(C(=O)NCCO)c1C. The van der Waals surface area contributed by atoms with Crippen molar-refractivity contribution in [1.29, 1.82) is 0 Å². The van der Waals surface area contributed by atoms with Crippen molar-refractivity contribution in [2.75, 3.05) is 31.6 Å². The second-order valence-electron chi connectivity index (χ2n) is 5.85. The molecule has 0 spiro atoms. The summed E-state index contributed by atoms with van der Waals surface area (Å²) in [4.78, 5) is 12.1. The first-order valence-corrected chi connectivity index (χ1v) is 8.54. The lowest BCUT2D eigenvalue weighted by Gasteiger charge is -2.14. The Labute approximate surface area is 149 Å². The van der Waals surface area contributed by atoms with Crippen LogP contribution in [0.4, 0.5) is 5.69 Å². The molecule has 2 rings (SSSR count). The summed E-state index contributed by atoms with van der Waals surface area (Å²) in [7, 11) is 0. The van der Waals surface area contributed by atoms with Crippen LogP contribution in [-0.4, -0.2) is 37.3 Å². The third-order valence-corrected chi connectivity index (χ3v) is 3.96. The molecule has 0 saturated carbocycles. The van der Waals surface area contributed by atoms with Crippen LogP contribution in [0, 0.1) is 13.8 Å². The Bertz CT molecular complexity index is 701. The molecule has 1 amide bonds. The van der Waals surface area contributed by atoms with Crippen LogP contribution < -0.4 is 15.4 Å². The topological polar surface area (TPSA) is 70.6 Å². The molecule has 3 N–H and O–H groups in total. The van der Waals surface area contributed by atoms with Crippen molar-refractivity contribution in [3.63, 3.8) is 0 Å². The molecule has 0 saturated heterocycles. The van der Waals surface area contributed by atoms with Crippen LogP contribution in [0.15, 0.2) is 42.5 Å². The molecule has 0 aliphatic carbocycles. The van der Waals surface area contributed by atoms with Gasteiger partial charge >= 0.3 is 0 Å². The predicted molar refractivity (Wildman–Crippen MR) is 100 cm³/mol. The van der Waals surface area contributed by atoms with E-state index in [-0.39, 0.29) is 19.1 Å². The van der Waals surface area contributed by atoms with Crippen LogP contribution in [0.3, 0.4) is 0 Å². The zero-order chi connectivity index (χ0) is 18.1. The second kappa shape index (κ2) is 9.69. The number of carbonyl (C=O) groups excluding carboxylic acids is 1. The van der Waals surface area contributed by atoms with E-state index >= 15 is 0 Å². The first-order chi connectivity index (χ1) is 12.1. The van der Waals surface area contributed by atoms with E-state index in [1.807, 2.05) is 50.2 Å². The molecule has 5 nitrogen and oxygen atoms in total. The van der Waals surface area contributed by atoms with Crippen LogP contribution >= 0.6 is 0 Å². The maximum atomic E-state index is 12.1. The number of aliphatic hydroxyl groups excluding tert-OH is 1. The van der Waals surface area contributed by atoms with Gasteiger partial charge in [0.05, 0.1) is 13.2 Å². The molecule has 0 aromatic heterocycles. The first kappa shape index (κ1) is 18.8. The highest BCUT2D eigenvalue weighted by molar-refractivity contribution is 5.97. The molecule has 5 heteroatoms. The highest BCUT2D eigenvalue weighted by Gasteiger charge is 2.10. The zero-order valence-electron chi connectivity index (χ0n) is 14.8. The molecule has 0 heterocycles. The van der Waals surface area contributed by atoms with E-state index in [9.17, 15) is 4.79 Å². The third-order valence-electron chi connectivity index (χ3n) is 3.96. The number of para-hydroxylation sites is 1. The van der Waals surface area contributed by atoms with Gasteiger partial charge in [0.25, 0.3) is 5.91 Å². The monoisotopic (exact) mass is 342 g/mol. The van der Waals surface area contributed by atoms with E-state index in [4.69, 9.17) is 9.84 Å². The average Bonchev–Trinajstić information content (AvgIpc) is 2.62. The minimum atomic E-state index is -0.168. The van der Waals surface area contributed by atoms with Crippen molar-refractivity contribution in [1.82, 2.24) is 5.32 Å². The number of aliphatic hydroxyl groups is 1. The Morgan fingerprint density at radius 2 is 1.88 bits per heavy atom. The fourth-order valence-electron chi connectivity index (χ4n) is 2.53. The van der Waals surface area contributed by atoms with E-state index in [1.54, 1.807) is 6.07 Å². The lowest BCUT2D eigenvalue weighted by Crippen LogP contribution is -2.27. The van der Waals surface area contributed by atoms with Gasteiger partial charge in [-0.15, -0.1) is 0 Å². The minimum absolute atomic E-state index is 0.0659. The summed E-state index contributed by atoms with van der Waals surface area (Å²) in [6.45, 7) is 5.53. The van der Waals surface area contributed by atoms with Gasteiger partial charge < -0.3 is 20.5 Å². The number of nitrogens with one attached hydrogen (secondary N) is 2. The van der Waals surface area contributed by atoms with Crippen LogP contribution in [0.2, 0.25) is 0 Å². The van der Waals surface area contributed by atoms with E-state index < -0.39 is 0 Å². The van der Waals surface area contributed by atoms with Gasteiger partial charge in [-0.1, -0.05) is 24.3 Å². The highest BCUT2D eigenvalue weighted by Crippen LogP contribution is 2.19. The molecule has 134 valence electrons. The van der Waals surface area contributed by atoms with Gasteiger partial charge in [0.2, 0.25) is 0 Å². The quantitative estimate of drug-likeness (QED) is 0.613. The summed E-state index contributed by atoms with van der Waals surface area (Å²) in [5, 5.41) is 14.8. The molecule has 2 aromatic rings. The Kier molecular flexibility index (Phi) is 7.29. The molecule has 0 aliphatic rings. The van der Waals surface area contributed by atoms with Crippen molar-refractivity contribution < 1.29 is 14.6 Å². The van der Waals surface area contributed by atoms with Gasteiger partial charge in [0.15, 0.2) is 0 Å². The fraction of sp³-hybridized carbons (Fsp3) is 0.350. The van der Waals surface area contributed by atoms with Crippen LogP contribution in [0.1, 0.15) is 27.9 Å². The molecule has 2 aromatic carbocycles. The molecular formula is C20H26N2O3. The Balaban J connectivity index is 1.82. The predicted octanol–water partition coefficient (Wildman–Crippen LogP) is 2.91. The molecular weight excluding hydrogens is 316 g/mol. The number of amides is 1. The van der Waals surface area contributed by atoms with Gasteiger partial charge in [-0.25, -0.2) is 0 Å². The van der Waals surface area contributed by atoms with Crippen molar-refractivity contribution in [3.05, 3.63) is 59.2 Å². The van der Waals surface area contributed by atoms with Crippen molar-refractivity contribution >= 4 is 11.6 Å². The Morgan fingerprint density at radius 1 is 1.08 bits per heavy atom. The van der Waals surface area contributed by atoms with E-state index in [1.165, 1.54) is 0 Å². The minimum Gasteiger partial charge on any atom is -0.493 e. The van der Waals surface area contributed by atoms with Crippen molar-refractivity contribution in [2.45, 2.75) is 20.3 Å². The average molecular weight is 342 g/mol. The maximum absolute atomic E-state index is 12.1. The number of rotatable bonds is 9. The van der Waals surface area contributed by atoms with Gasteiger partial charge in [0, 0.05) is 24.3 Å². The normalized spacial score (nSPS) is 10.4. The zero-order valence-corrected chi connectivity index (χ0v) is 14.8. The molecule has 0 atom stereocenters. The van der Waals surface area contributed by atoms with E-state index in [2.05, 4.69) is 10.6 Å². The van der Waals surface area contributed by atoms with Gasteiger partial charge in [0.1, 0.15) is 5.75 Å². The van der Waals surface area contributed by atoms with Crippen LogP contribution in [0.5, 0.6) is 5.75 Å². The highest BCUT2D eigenvalue weighted by atomic mass is 16.5.